The molecule has 0 amide bonds. The highest BCUT2D eigenvalue weighted by atomic mass is 16.4. The van der Waals surface area contributed by atoms with E-state index in [9.17, 15) is 9.59 Å². The number of likely N-dealkylation sites (tertiary alicyclic amines) is 1. The molecule has 0 bridgehead atoms. The molecule has 1 fully saturated rings. The highest BCUT2D eigenvalue weighted by Gasteiger charge is 2.34. The summed E-state index contributed by atoms with van der Waals surface area (Å²) in [6.07, 6.45) is 2.24. The molecule has 1 aromatic rings. The number of nitrogen functional groups attached to an aromatic ring is 1. The number of anilines is 1. The molecule has 1 aliphatic heterocycles. The monoisotopic (exact) mass is 288 g/mol. The minimum absolute atomic E-state index is 0.0251. The first-order chi connectivity index (χ1) is 9.77. The molecule has 1 aliphatic rings. The first-order valence-electron chi connectivity index (χ1n) is 6.84. The standard InChI is InChI=1S/C16H20N2O3/c1-16(2)8-13(18(10-16)9-15(20)21)7-14(19)11-3-5-12(17)6-4-11/h3-7H,8-10,17H2,1-2H3,(H,20,21)/b13-7-. The van der Waals surface area contributed by atoms with E-state index in [-0.39, 0.29) is 17.7 Å². The second-order valence-corrected chi connectivity index (χ2v) is 6.21. The lowest BCUT2D eigenvalue weighted by Crippen LogP contribution is -2.28. The van der Waals surface area contributed by atoms with Crippen molar-refractivity contribution in [2.75, 3.05) is 18.8 Å². The van der Waals surface area contributed by atoms with Crippen LogP contribution in [0.3, 0.4) is 0 Å². The van der Waals surface area contributed by atoms with Crippen LogP contribution in [-0.4, -0.2) is 34.8 Å². The topological polar surface area (TPSA) is 83.6 Å². The number of nitrogens with two attached hydrogens (primary N) is 1. The lowest BCUT2D eigenvalue weighted by Gasteiger charge is -2.19. The van der Waals surface area contributed by atoms with E-state index in [4.69, 9.17) is 10.8 Å². The van der Waals surface area contributed by atoms with Crippen LogP contribution in [0.4, 0.5) is 5.69 Å². The zero-order valence-corrected chi connectivity index (χ0v) is 12.3. The summed E-state index contributed by atoms with van der Waals surface area (Å²) in [7, 11) is 0. The van der Waals surface area contributed by atoms with Crippen molar-refractivity contribution in [3.63, 3.8) is 0 Å². The summed E-state index contributed by atoms with van der Waals surface area (Å²) in [5.41, 5.74) is 7.52. The number of rotatable bonds is 4. The summed E-state index contributed by atoms with van der Waals surface area (Å²) in [4.78, 5) is 25.0. The van der Waals surface area contributed by atoms with Crippen molar-refractivity contribution in [2.45, 2.75) is 20.3 Å². The van der Waals surface area contributed by atoms with E-state index in [1.165, 1.54) is 0 Å². The Hall–Kier alpha value is -2.30. The van der Waals surface area contributed by atoms with Crippen molar-refractivity contribution in [1.29, 1.82) is 0 Å². The zero-order chi connectivity index (χ0) is 15.6. The Kier molecular flexibility index (Phi) is 4.02. The molecular weight excluding hydrogens is 268 g/mol. The van der Waals surface area contributed by atoms with E-state index < -0.39 is 5.97 Å². The number of carbonyl (C=O) groups excluding carboxylic acids is 1. The van der Waals surface area contributed by atoms with E-state index >= 15 is 0 Å². The summed E-state index contributed by atoms with van der Waals surface area (Å²) in [5, 5.41) is 8.98. The van der Waals surface area contributed by atoms with Gasteiger partial charge in [-0.15, -0.1) is 0 Å². The Morgan fingerprint density at radius 3 is 2.52 bits per heavy atom. The summed E-state index contributed by atoms with van der Waals surface area (Å²) in [5.74, 6) is -1.02. The maximum atomic E-state index is 12.3. The minimum atomic E-state index is -0.890. The fraction of sp³-hybridized carbons (Fsp3) is 0.375. The number of aliphatic carboxylic acids is 1. The van der Waals surface area contributed by atoms with Crippen molar-refractivity contribution < 1.29 is 14.7 Å². The van der Waals surface area contributed by atoms with E-state index in [2.05, 4.69) is 13.8 Å². The van der Waals surface area contributed by atoms with Gasteiger partial charge in [-0.25, -0.2) is 0 Å². The first kappa shape index (κ1) is 15.1. The number of carboxylic acids is 1. The van der Waals surface area contributed by atoms with Gasteiger partial charge in [-0.2, -0.15) is 0 Å². The predicted molar refractivity (Wildman–Crippen MR) is 80.9 cm³/mol. The third kappa shape index (κ3) is 3.84. The number of benzene rings is 1. The lowest BCUT2D eigenvalue weighted by atomic mass is 9.92. The molecule has 5 nitrogen and oxygen atoms in total. The smallest absolute Gasteiger partial charge is 0.323 e. The molecule has 0 aromatic heterocycles. The number of carbonyl (C=O) groups is 2. The van der Waals surface area contributed by atoms with Crippen LogP contribution in [0.15, 0.2) is 36.0 Å². The average Bonchev–Trinajstić information content (AvgIpc) is 2.63. The molecule has 1 aromatic carbocycles. The van der Waals surface area contributed by atoms with Gasteiger partial charge in [-0.05, 0) is 36.1 Å². The summed E-state index contributed by atoms with van der Waals surface area (Å²) < 4.78 is 0. The normalized spacial score (nSPS) is 19.0. The maximum absolute atomic E-state index is 12.3. The van der Waals surface area contributed by atoms with Gasteiger partial charge >= 0.3 is 5.97 Å². The van der Waals surface area contributed by atoms with Crippen LogP contribution in [0.25, 0.3) is 0 Å². The maximum Gasteiger partial charge on any atom is 0.323 e. The van der Waals surface area contributed by atoms with Gasteiger partial charge in [-0.1, -0.05) is 13.8 Å². The Bertz CT molecular complexity index is 588. The average molecular weight is 288 g/mol. The van der Waals surface area contributed by atoms with Gasteiger partial charge in [-0.3, -0.25) is 9.59 Å². The number of carboxylic acid groups (broad SMARTS) is 1. The van der Waals surface area contributed by atoms with Gasteiger partial charge in [0.05, 0.1) is 0 Å². The van der Waals surface area contributed by atoms with Gasteiger partial charge < -0.3 is 15.7 Å². The molecule has 0 spiro atoms. The van der Waals surface area contributed by atoms with Gasteiger partial charge in [0.1, 0.15) is 6.54 Å². The number of hydrogen-bond donors (Lipinski definition) is 2. The molecule has 112 valence electrons. The van der Waals surface area contributed by atoms with Crippen LogP contribution < -0.4 is 5.73 Å². The highest BCUT2D eigenvalue weighted by molar-refractivity contribution is 6.05. The van der Waals surface area contributed by atoms with Crippen molar-refractivity contribution in [1.82, 2.24) is 4.90 Å². The number of ketones is 1. The van der Waals surface area contributed by atoms with E-state index in [1.54, 1.807) is 35.2 Å². The summed E-state index contributed by atoms with van der Waals surface area (Å²) in [6.45, 7) is 4.69. The van der Waals surface area contributed by atoms with Crippen molar-refractivity contribution in [3.05, 3.63) is 41.6 Å². The third-order valence-corrected chi connectivity index (χ3v) is 3.50. The first-order valence-corrected chi connectivity index (χ1v) is 6.84. The van der Waals surface area contributed by atoms with Crippen LogP contribution in [0.5, 0.6) is 0 Å². The molecule has 2 rings (SSSR count). The van der Waals surface area contributed by atoms with Gasteiger partial charge in [0.15, 0.2) is 5.78 Å². The molecule has 0 radical (unpaired) electrons. The van der Waals surface area contributed by atoms with Crippen LogP contribution in [0.2, 0.25) is 0 Å². The van der Waals surface area contributed by atoms with Crippen molar-refractivity contribution >= 4 is 17.4 Å². The Morgan fingerprint density at radius 1 is 1.33 bits per heavy atom. The van der Waals surface area contributed by atoms with E-state index in [0.29, 0.717) is 24.2 Å². The van der Waals surface area contributed by atoms with Crippen LogP contribution in [0, 0.1) is 5.41 Å². The molecule has 0 atom stereocenters. The molecule has 0 saturated carbocycles. The van der Waals surface area contributed by atoms with Crippen LogP contribution >= 0.6 is 0 Å². The molecule has 0 aliphatic carbocycles. The van der Waals surface area contributed by atoms with E-state index in [1.807, 2.05) is 0 Å². The molecule has 21 heavy (non-hydrogen) atoms. The quantitative estimate of drug-likeness (QED) is 0.504. The van der Waals surface area contributed by atoms with Gasteiger partial charge in [0, 0.05) is 29.6 Å². The summed E-state index contributed by atoms with van der Waals surface area (Å²) >= 11 is 0. The number of hydrogen-bond acceptors (Lipinski definition) is 4. The van der Waals surface area contributed by atoms with Gasteiger partial charge in [0.25, 0.3) is 0 Å². The third-order valence-electron chi connectivity index (χ3n) is 3.50. The van der Waals surface area contributed by atoms with Crippen LogP contribution in [-0.2, 0) is 4.79 Å². The molecule has 0 unspecified atom stereocenters. The molecule has 5 heteroatoms. The zero-order valence-electron chi connectivity index (χ0n) is 12.3. The van der Waals surface area contributed by atoms with E-state index in [0.717, 1.165) is 5.70 Å². The van der Waals surface area contributed by atoms with Crippen molar-refractivity contribution in [2.24, 2.45) is 5.41 Å². The van der Waals surface area contributed by atoms with Crippen LogP contribution in [0.1, 0.15) is 30.6 Å². The highest BCUT2D eigenvalue weighted by Crippen LogP contribution is 2.36. The predicted octanol–water partition coefficient (Wildman–Crippen LogP) is 2.15. The second kappa shape index (κ2) is 5.60. The number of allylic oxidation sites excluding steroid dienone is 2. The molecule has 1 heterocycles. The van der Waals surface area contributed by atoms with Gasteiger partial charge in [0.2, 0.25) is 0 Å². The SMILES string of the molecule is CC1(C)C/C(=C/C(=O)c2ccc(N)cc2)N(CC(=O)O)C1. The second-order valence-electron chi connectivity index (χ2n) is 6.21. The molecular formula is C16H20N2O3. The fourth-order valence-corrected chi connectivity index (χ4v) is 2.62. The largest absolute Gasteiger partial charge is 0.480 e. The minimum Gasteiger partial charge on any atom is -0.480 e. The Balaban J connectivity index is 2.22. The molecule has 3 N–H and O–H groups in total. The Labute approximate surface area is 124 Å². The van der Waals surface area contributed by atoms with Crippen molar-refractivity contribution in [3.8, 4) is 0 Å². The fourth-order valence-electron chi connectivity index (χ4n) is 2.62. The lowest BCUT2D eigenvalue weighted by molar-refractivity contribution is -0.137. The number of nitrogens with zero attached hydrogens (tertiary/aromatic N) is 1. The Morgan fingerprint density at radius 2 is 1.95 bits per heavy atom. The molecule has 1 saturated heterocycles. The summed E-state index contributed by atoms with van der Waals surface area (Å²) in [6, 6.07) is 6.71.